The molecule has 2 aromatic carbocycles. The van der Waals surface area contributed by atoms with E-state index in [-0.39, 0.29) is 12.3 Å². The van der Waals surface area contributed by atoms with E-state index in [1.54, 1.807) is 19.9 Å². The van der Waals surface area contributed by atoms with Crippen LogP contribution in [0.25, 0.3) is 12.2 Å². The first kappa shape index (κ1) is 34.4. The average Bonchev–Trinajstić information content (AvgIpc) is 3.01. The number of carbonyl (C=O) groups is 2. The van der Waals surface area contributed by atoms with Gasteiger partial charge in [0.2, 0.25) is 11.8 Å². The van der Waals surface area contributed by atoms with E-state index in [2.05, 4.69) is 48.4 Å². The monoisotopic (exact) mass is 600 g/mol. The van der Waals surface area contributed by atoms with Crippen LogP contribution in [0.2, 0.25) is 0 Å². The summed E-state index contributed by atoms with van der Waals surface area (Å²) in [5.74, 6) is 0.938. The number of hydrogen-bond acceptors (Lipinski definition) is 5. The van der Waals surface area contributed by atoms with Crippen LogP contribution in [0.4, 0.5) is 5.69 Å². The molecule has 0 unspecified atom stereocenters. The number of benzene rings is 2. The minimum atomic E-state index is -1.05. The summed E-state index contributed by atoms with van der Waals surface area (Å²) in [4.78, 5) is 29.0. The summed E-state index contributed by atoms with van der Waals surface area (Å²) in [7, 11) is 0. The maximum atomic E-state index is 12.6. The summed E-state index contributed by atoms with van der Waals surface area (Å²) in [6.45, 7) is 9.39. The Kier molecular flexibility index (Phi) is 13.9. The SMILES string of the molecule is CCC(CC)(CC(=O)Nc1cccc(C=Cc2cccc(OCCCCCc3ccc(OCCC(C)C)cc3)n2)c1)C(=O)O. The highest BCUT2D eigenvalue weighted by Gasteiger charge is 2.37. The minimum Gasteiger partial charge on any atom is -0.494 e. The van der Waals surface area contributed by atoms with Gasteiger partial charge >= 0.3 is 5.97 Å². The largest absolute Gasteiger partial charge is 0.494 e. The summed E-state index contributed by atoms with van der Waals surface area (Å²) < 4.78 is 11.7. The van der Waals surface area contributed by atoms with Crippen molar-refractivity contribution in [2.45, 2.75) is 79.1 Å². The molecule has 0 spiro atoms. The number of carboxylic acids is 1. The predicted octanol–water partition coefficient (Wildman–Crippen LogP) is 8.69. The fourth-order valence-electron chi connectivity index (χ4n) is 4.85. The molecule has 0 saturated heterocycles. The van der Waals surface area contributed by atoms with Crippen LogP contribution in [-0.4, -0.2) is 35.2 Å². The number of amides is 1. The van der Waals surface area contributed by atoms with Crippen molar-refractivity contribution in [3.8, 4) is 11.6 Å². The number of ether oxygens (including phenoxy) is 2. The minimum absolute atomic E-state index is 0.0610. The number of nitrogens with one attached hydrogen (secondary N) is 1. The van der Waals surface area contributed by atoms with Crippen molar-refractivity contribution in [2.75, 3.05) is 18.5 Å². The maximum absolute atomic E-state index is 12.6. The molecule has 0 atom stereocenters. The lowest BCUT2D eigenvalue weighted by molar-refractivity contribution is -0.151. The zero-order valence-electron chi connectivity index (χ0n) is 26.7. The molecule has 3 rings (SSSR count). The van der Waals surface area contributed by atoms with E-state index in [9.17, 15) is 14.7 Å². The van der Waals surface area contributed by atoms with Crippen molar-refractivity contribution < 1.29 is 24.2 Å². The van der Waals surface area contributed by atoms with E-state index in [0.717, 1.165) is 55.7 Å². The lowest BCUT2D eigenvalue weighted by Crippen LogP contribution is -2.34. The summed E-state index contributed by atoms with van der Waals surface area (Å²) in [5, 5.41) is 12.5. The molecule has 1 aromatic heterocycles. The zero-order chi connectivity index (χ0) is 31.8. The Morgan fingerprint density at radius 3 is 2.36 bits per heavy atom. The van der Waals surface area contributed by atoms with Gasteiger partial charge in [-0.1, -0.05) is 64.1 Å². The van der Waals surface area contributed by atoms with Crippen molar-refractivity contribution in [2.24, 2.45) is 11.3 Å². The molecule has 7 heteroatoms. The summed E-state index contributed by atoms with van der Waals surface area (Å²) in [5.41, 5.74) is 2.56. The van der Waals surface area contributed by atoms with E-state index in [1.165, 1.54) is 5.56 Å². The first-order valence-corrected chi connectivity index (χ1v) is 15.9. The molecule has 0 saturated carbocycles. The third-order valence-corrected chi connectivity index (χ3v) is 7.92. The van der Waals surface area contributed by atoms with Gasteiger partial charge in [0.15, 0.2) is 0 Å². The van der Waals surface area contributed by atoms with E-state index in [1.807, 2.05) is 48.6 Å². The molecule has 3 aromatic rings. The van der Waals surface area contributed by atoms with E-state index < -0.39 is 11.4 Å². The molecule has 236 valence electrons. The van der Waals surface area contributed by atoms with Crippen molar-refractivity contribution in [3.63, 3.8) is 0 Å². The Bertz CT molecular complexity index is 1350. The first-order valence-electron chi connectivity index (χ1n) is 15.9. The highest BCUT2D eigenvalue weighted by atomic mass is 16.5. The van der Waals surface area contributed by atoms with Gasteiger partial charge in [-0.25, -0.2) is 4.98 Å². The van der Waals surface area contributed by atoms with Gasteiger partial charge < -0.3 is 19.9 Å². The molecule has 44 heavy (non-hydrogen) atoms. The number of nitrogens with zero attached hydrogens (tertiary/aromatic N) is 1. The van der Waals surface area contributed by atoms with Crippen LogP contribution in [0, 0.1) is 11.3 Å². The van der Waals surface area contributed by atoms with Crippen LogP contribution in [0.3, 0.4) is 0 Å². The van der Waals surface area contributed by atoms with Gasteiger partial charge in [-0.2, -0.15) is 0 Å². The van der Waals surface area contributed by atoms with Gasteiger partial charge in [0.1, 0.15) is 5.75 Å². The molecule has 0 aliphatic heterocycles. The number of carbonyl (C=O) groups excluding carboxylic acids is 1. The van der Waals surface area contributed by atoms with Crippen molar-refractivity contribution >= 4 is 29.7 Å². The van der Waals surface area contributed by atoms with Crippen LogP contribution < -0.4 is 14.8 Å². The molecule has 1 amide bonds. The highest BCUT2D eigenvalue weighted by Crippen LogP contribution is 2.31. The van der Waals surface area contributed by atoms with Gasteiger partial charge in [0.25, 0.3) is 0 Å². The van der Waals surface area contributed by atoms with E-state index in [0.29, 0.717) is 36.9 Å². The molecule has 0 aliphatic rings. The molecular weight excluding hydrogens is 552 g/mol. The Labute approximate surface area is 262 Å². The molecule has 0 aliphatic carbocycles. The lowest BCUT2D eigenvalue weighted by Gasteiger charge is -2.25. The van der Waals surface area contributed by atoms with Crippen LogP contribution in [0.15, 0.2) is 66.7 Å². The van der Waals surface area contributed by atoms with Crippen molar-refractivity contribution in [1.29, 1.82) is 0 Å². The van der Waals surface area contributed by atoms with Gasteiger partial charge in [-0.15, -0.1) is 0 Å². The fraction of sp³-hybridized carbons (Fsp3) is 0.432. The first-order chi connectivity index (χ1) is 21.2. The number of hydrogen-bond donors (Lipinski definition) is 2. The van der Waals surface area contributed by atoms with Crippen molar-refractivity contribution in [1.82, 2.24) is 4.98 Å². The fourth-order valence-corrected chi connectivity index (χ4v) is 4.85. The Hall–Kier alpha value is -4.13. The number of aromatic nitrogens is 1. The number of pyridine rings is 1. The number of aryl methyl sites for hydroxylation is 1. The van der Waals surface area contributed by atoms with Gasteiger partial charge in [-0.3, -0.25) is 9.59 Å². The van der Waals surface area contributed by atoms with Crippen molar-refractivity contribution in [3.05, 3.63) is 83.6 Å². The molecule has 0 bridgehead atoms. The summed E-state index contributed by atoms with van der Waals surface area (Å²) >= 11 is 0. The molecule has 0 fully saturated rings. The second-order valence-electron chi connectivity index (χ2n) is 11.7. The zero-order valence-corrected chi connectivity index (χ0v) is 26.7. The van der Waals surface area contributed by atoms with Crippen LogP contribution >= 0.6 is 0 Å². The lowest BCUT2D eigenvalue weighted by atomic mass is 9.79. The van der Waals surface area contributed by atoms with Gasteiger partial charge in [0, 0.05) is 18.2 Å². The molecule has 7 nitrogen and oxygen atoms in total. The summed E-state index contributed by atoms with van der Waals surface area (Å²) in [6.07, 6.45) is 9.80. The predicted molar refractivity (Wildman–Crippen MR) is 178 cm³/mol. The molecular formula is C37H48N2O5. The third-order valence-electron chi connectivity index (χ3n) is 7.92. The maximum Gasteiger partial charge on any atom is 0.310 e. The summed E-state index contributed by atoms with van der Waals surface area (Å²) in [6, 6.07) is 21.6. The normalized spacial score (nSPS) is 11.6. The van der Waals surface area contributed by atoms with E-state index in [4.69, 9.17) is 9.47 Å². The smallest absolute Gasteiger partial charge is 0.310 e. The number of carboxylic acid groups (broad SMARTS) is 1. The Morgan fingerprint density at radius 1 is 0.909 bits per heavy atom. The van der Waals surface area contributed by atoms with Crippen LogP contribution in [0.1, 0.15) is 89.5 Å². The average molecular weight is 601 g/mol. The van der Waals surface area contributed by atoms with Gasteiger partial charge in [0.05, 0.1) is 24.3 Å². The number of unbranched alkanes of at least 4 members (excludes halogenated alkanes) is 2. The molecule has 0 radical (unpaired) electrons. The molecule has 2 N–H and O–H groups in total. The highest BCUT2D eigenvalue weighted by molar-refractivity contribution is 5.94. The Morgan fingerprint density at radius 2 is 1.66 bits per heavy atom. The second kappa shape index (κ2) is 17.9. The van der Waals surface area contributed by atoms with Crippen LogP contribution in [0.5, 0.6) is 11.6 Å². The Balaban J connectivity index is 1.41. The van der Waals surface area contributed by atoms with Crippen LogP contribution in [-0.2, 0) is 16.0 Å². The third kappa shape index (κ3) is 11.5. The van der Waals surface area contributed by atoms with E-state index >= 15 is 0 Å². The second-order valence-corrected chi connectivity index (χ2v) is 11.7. The quantitative estimate of drug-likeness (QED) is 0.134. The number of rotatable bonds is 19. The standard InChI is InChI=1S/C37H48N2O5/c1-5-37(6-2,36(41)42)27-34(40)38-32-15-10-13-30(26-32)17-20-31-14-11-16-35(39-31)44-24-9-7-8-12-29-18-21-33(22-19-29)43-25-23-28(3)4/h10-11,13-22,26,28H,5-9,12,23-25,27H2,1-4H3,(H,38,40)(H,41,42). The number of aliphatic carboxylic acids is 1. The molecule has 1 heterocycles. The topological polar surface area (TPSA) is 97.8 Å². The van der Waals surface area contributed by atoms with Gasteiger partial charge in [-0.05, 0) is 98.4 Å². The number of anilines is 1.